The summed E-state index contributed by atoms with van der Waals surface area (Å²) in [6.45, 7) is 8.94. The van der Waals surface area contributed by atoms with E-state index in [1.807, 2.05) is 32.6 Å². The van der Waals surface area contributed by atoms with Crippen LogP contribution in [-0.2, 0) is 19.1 Å². The molecule has 2 fully saturated rings. The largest absolute Gasteiger partial charge is 0.453 e. The fourth-order valence-corrected chi connectivity index (χ4v) is 7.55. The number of nitrogens with one attached hydrogen (secondary N) is 4. The maximum absolute atomic E-state index is 13.7. The molecule has 4 heterocycles. The summed E-state index contributed by atoms with van der Waals surface area (Å²) in [5, 5.41) is 5.44. The van der Waals surface area contributed by atoms with Crippen molar-refractivity contribution in [2.45, 2.75) is 84.0 Å². The Labute approximate surface area is 321 Å². The number of hydrogen-bond donors (Lipinski definition) is 4. The summed E-state index contributed by atoms with van der Waals surface area (Å²) in [5.74, 6) is 1.03. The first-order valence-electron chi connectivity index (χ1n) is 19.1. The molecule has 4 N–H and O–H groups in total. The molecule has 2 aliphatic rings. The third-order valence-corrected chi connectivity index (χ3v) is 10.9. The highest BCUT2D eigenvalue weighted by Crippen LogP contribution is 2.35. The van der Waals surface area contributed by atoms with E-state index in [1.165, 1.54) is 14.2 Å². The van der Waals surface area contributed by atoms with Crippen molar-refractivity contribution in [3.63, 3.8) is 0 Å². The number of likely N-dealkylation sites (tertiary alicyclic amines) is 2. The van der Waals surface area contributed by atoms with Crippen molar-refractivity contribution in [3.8, 4) is 33.6 Å². The normalized spacial score (nSPS) is 18.5. The van der Waals surface area contributed by atoms with E-state index in [9.17, 15) is 19.2 Å². The van der Waals surface area contributed by atoms with E-state index in [4.69, 9.17) is 9.47 Å². The van der Waals surface area contributed by atoms with Crippen LogP contribution in [0.3, 0.4) is 0 Å². The highest BCUT2D eigenvalue weighted by atomic mass is 16.5. The number of amides is 4. The zero-order chi connectivity index (χ0) is 39.2. The average Bonchev–Trinajstić information content (AvgIpc) is 4.05. The highest BCUT2D eigenvalue weighted by molar-refractivity contribution is 5.87. The fourth-order valence-electron chi connectivity index (χ4n) is 7.55. The van der Waals surface area contributed by atoms with Crippen molar-refractivity contribution in [1.29, 1.82) is 0 Å². The van der Waals surface area contributed by atoms with Crippen LogP contribution in [-0.4, -0.2) is 93.1 Å². The van der Waals surface area contributed by atoms with Crippen LogP contribution in [0.4, 0.5) is 9.59 Å². The number of nitrogens with zero attached hydrogens (tertiary/aromatic N) is 4. The van der Waals surface area contributed by atoms with Gasteiger partial charge in [-0.15, -0.1) is 0 Å². The monoisotopic (exact) mass is 752 g/mol. The molecule has 5 atom stereocenters. The highest BCUT2D eigenvalue weighted by Gasteiger charge is 2.39. The van der Waals surface area contributed by atoms with Gasteiger partial charge in [0.25, 0.3) is 0 Å². The smallest absolute Gasteiger partial charge is 0.407 e. The Hall–Kier alpha value is -5.66. The van der Waals surface area contributed by atoms with Gasteiger partial charge in [-0.3, -0.25) is 9.59 Å². The first-order chi connectivity index (χ1) is 26.5. The van der Waals surface area contributed by atoms with E-state index < -0.39 is 24.3 Å². The van der Waals surface area contributed by atoms with Crippen LogP contribution < -0.4 is 10.6 Å². The number of aromatic nitrogens is 4. The van der Waals surface area contributed by atoms with Crippen molar-refractivity contribution < 1.29 is 28.7 Å². The minimum atomic E-state index is -0.687. The second kappa shape index (κ2) is 17.2. The van der Waals surface area contributed by atoms with Crippen molar-refractivity contribution >= 4 is 24.0 Å². The molecule has 0 aliphatic carbocycles. The van der Waals surface area contributed by atoms with Gasteiger partial charge in [0.1, 0.15) is 23.7 Å². The molecule has 2 aromatic carbocycles. The summed E-state index contributed by atoms with van der Waals surface area (Å²) in [6, 6.07) is 14.7. The molecule has 2 aromatic heterocycles. The van der Waals surface area contributed by atoms with E-state index in [-0.39, 0.29) is 35.7 Å². The SMILES string of the molecule is CC[C@H](C)[C@H](NC(=O)OC)C(=O)N1CCC[C@H]1c1ncc(-c2ccc(-c3ccc(-c4cnc([C@@H]5CCCN5C(=O)[C@H](NC(=O)OC)C(C)C)[nH]4)cc3)cc2)[nH]1. The summed E-state index contributed by atoms with van der Waals surface area (Å²) < 4.78 is 9.55. The van der Waals surface area contributed by atoms with E-state index in [0.717, 1.165) is 77.4 Å². The number of H-pyrrole nitrogens is 2. The van der Waals surface area contributed by atoms with Gasteiger partial charge in [0, 0.05) is 13.1 Å². The van der Waals surface area contributed by atoms with Gasteiger partial charge in [0.15, 0.2) is 0 Å². The van der Waals surface area contributed by atoms with Crippen LogP contribution in [0.1, 0.15) is 83.5 Å². The number of methoxy groups -OCH3 is 2. The number of alkyl carbamates (subject to hydrolysis) is 2. The molecule has 2 aliphatic heterocycles. The van der Waals surface area contributed by atoms with Crippen LogP contribution in [0.2, 0.25) is 0 Å². The number of carbonyl (C=O) groups is 4. The Kier molecular flexibility index (Phi) is 12.2. The third kappa shape index (κ3) is 8.53. The second-order valence-corrected chi connectivity index (χ2v) is 14.8. The maximum Gasteiger partial charge on any atom is 0.407 e. The molecule has 4 amide bonds. The van der Waals surface area contributed by atoms with Crippen molar-refractivity contribution in [3.05, 3.63) is 72.6 Å². The molecule has 0 unspecified atom stereocenters. The van der Waals surface area contributed by atoms with Crippen LogP contribution >= 0.6 is 0 Å². The van der Waals surface area contributed by atoms with Gasteiger partial charge >= 0.3 is 12.2 Å². The van der Waals surface area contributed by atoms with Crippen LogP contribution in [0.5, 0.6) is 0 Å². The molecule has 0 bridgehead atoms. The molecule has 6 rings (SSSR count). The molecular formula is C41H52N8O6. The van der Waals surface area contributed by atoms with E-state index in [2.05, 4.69) is 79.1 Å². The zero-order valence-corrected chi connectivity index (χ0v) is 32.4. The van der Waals surface area contributed by atoms with Gasteiger partial charge < -0.3 is 39.9 Å². The first kappa shape index (κ1) is 39.0. The minimum Gasteiger partial charge on any atom is -0.453 e. The Bertz CT molecular complexity index is 1960. The molecular weight excluding hydrogens is 701 g/mol. The Balaban J connectivity index is 1.11. The molecule has 292 valence electrons. The van der Waals surface area contributed by atoms with Gasteiger partial charge in [0.05, 0.1) is 50.1 Å². The van der Waals surface area contributed by atoms with Gasteiger partial charge in [-0.1, -0.05) is 82.6 Å². The summed E-state index contributed by atoms with van der Waals surface area (Å²) >= 11 is 0. The number of aromatic amines is 2. The van der Waals surface area contributed by atoms with Gasteiger partial charge in [-0.25, -0.2) is 19.6 Å². The summed E-state index contributed by atoms with van der Waals surface area (Å²) in [7, 11) is 2.59. The quantitative estimate of drug-likeness (QED) is 0.125. The predicted octanol–water partition coefficient (Wildman–Crippen LogP) is 6.61. The van der Waals surface area contributed by atoms with E-state index in [0.29, 0.717) is 13.1 Å². The average molecular weight is 753 g/mol. The zero-order valence-electron chi connectivity index (χ0n) is 32.4. The van der Waals surface area contributed by atoms with Gasteiger partial charge in [-0.2, -0.15) is 0 Å². The lowest BCUT2D eigenvalue weighted by Gasteiger charge is -2.30. The first-order valence-corrected chi connectivity index (χ1v) is 19.1. The van der Waals surface area contributed by atoms with Crippen molar-refractivity contribution in [2.24, 2.45) is 11.8 Å². The maximum atomic E-state index is 13.7. The Morgan fingerprint density at radius 1 is 0.691 bits per heavy atom. The molecule has 0 saturated carbocycles. The Morgan fingerprint density at radius 2 is 1.09 bits per heavy atom. The number of carbonyl (C=O) groups excluding carboxylic acids is 4. The molecule has 14 heteroatoms. The lowest BCUT2D eigenvalue weighted by atomic mass is 9.97. The lowest BCUT2D eigenvalue weighted by Crippen LogP contribution is -2.51. The predicted molar refractivity (Wildman–Crippen MR) is 207 cm³/mol. The number of ether oxygens (including phenoxy) is 2. The van der Waals surface area contributed by atoms with Crippen LogP contribution in [0.25, 0.3) is 33.6 Å². The minimum absolute atomic E-state index is 0.0532. The number of imidazole rings is 2. The standard InChI is InChI=1S/C41H52N8O6/c1-7-25(4)35(47-41(53)55-6)39(51)49-21-9-11-33(49)37-43-23-31(45-37)29-18-14-27(15-19-29)26-12-16-28(17-13-26)30-22-42-36(44-30)32-10-8-20-48(32)38(50)34(24(2)3)46-40(52)54-5/h12-19,22-25,32-35H,7-11,20-21H2,1-6H3,(H,42,44)(H,43,45)(H,46,52)(H,47,53)/t25-,32-,33-,34+,35-/m0/s1. The lowest BCUT2D eigenvalue weighted by molar-refractivity contribution is -0.136. The van der Waals surface area contributed by atoms with Crippen LogP contribution in [0.15, 0.2) is 60.9 Å². The van der Waals surface area contributed by atoms with Crippen molar-refractivity contribution in [2.75, 3.05) is 27.3 Å². The van der Waals surface area contributed by atoms with Crippen LogP contribution in [0, 0.1) is 11.8 Å². The van der Waals surface area contributed by atoms with Crippen molar-refractivity contribution in [1.82, 2.24) is 40.4 Å². The number of rotatable bonds is 12. The topological polar surface area (TPSA) is 175 Å². The summed E-state index contributed by atoms with van der Waals surface area (Å²) in [4.78, 5) is 71.1. The van der Waals surface area contributed by atoms with Gasteiger partial charge in [-0.05, 0) is 59.8 Å². The molecule has 0 spiro atoms. The Morgan fingerprint density at radius 3 is 1.49 bits per heavy atom. The molecule has 4 aromatic rings. The molecule has 2 saturated heterocycles. The molecule has 0 radical (unpaired) electrons. The second-order valence-electron chi connectivity index (χ2n) is 14.8. The number of hydrogen-bond acceptors (Lipinski definition) is 8. The van der Waals surface area contributed by atoms with E-state index in [1.54, 1.807) is 17.3 Å². The fraction of sp³-hybridized carbons (Fsp3) is 0.463. The number of benzene rings is 2. The molecule has 14 nitrogen and oxygen atoms in total. The summed E-state index contributed by atoms with van der Waals surface area (Å²) in [6.07, 6.45) is 6.37. The third-order valence-electron chi connectivity index (χ3n) is 10.9. The summed E-state index contributed by atoms with van der Waals surface area (Å²) in [5.41, 5.74) is 5.79. The van der Waals surface area contributed by atoms with E-state index >= 15 is 0 Å². The van der Waals surface area contributed by atoms with Gasteiger partial charge in [0.2, 0.25) is 11.8 Å². The molecule has 55 heavy (non-hydrogen) atoms.